The number of nitrogens with one attached hydrogen (secondary N) is 2. The van der Waals surface area contributed by atoms with Crippen LogP contribution in [0, 0.1) is 13.8 Å². The highest BCUT2D eigenvalue weighted by Crippen LogP contribution is 2.34. The Balaban J connectivity index is 2.51. The lowest BCUT2D eigenvalue weighted by molar-refractivity contribution is -0.145. The van der Waals surface area contributed by atoms with Crippen molar-refractivity contribution in [1.29, 1.82) is 0 Å². The number of ether oxygens (including phenoxy) is 1. The van der Waals surface area contributed by atoms with Gasteiger partial charge in [-0.15, -0.1) is 0 Å². The predicted molar refractivity (Wildman–Crippen MR) is 141 cm³/mol. The lowest BCUT2D eigenvalue weighted by atomic mass is 9.92. The second-order valence-electron chi connectivity index (χ2n) is 10.5. The molecular formula is C28H39N3O5. The van der Waals surface area contributed by atoms with Gasteiger partial charge in [-0.05, 0) is 83.7 Å². The van der Waals surface area contributed by atoms with Crippen molar-refractivity contribution >= 4 is 23.6 Å². The summed E-state index contributed by atoms with van der Waals surface area (Å²) in [7, 11) is 0. The summed E-state index contributed by atoms with van der Waals surface area (Å²) < 4.78 is 5.26. The number of phenolic OH excluding ortho intramolecular Hbond substituents is 1. The van der Waals surface area contributed by atoms with Crippen LogP contribution < -0.4 is 10.6 Å². The number of alkyl carbamates (subject to hydrolysis) is 1. The minimum Gasteiger partial charge on any atom is -0.508 e. The number of carbonyl (C=O) groups is 3. The zero-order valence-electron chi connectivity index (χ0n) is 22.6. The van der Waals surface area contributed by atoms with Crippen LogP contribution in [0.3, 0.4) is 0 Å². The van der Waals surface area contributed by atoms with Crippen molar-refractivity contribution in [3.05, 3.63) is 59.2 Å². The Morgan fingerprint density at radius 1 is 1.00 bits per heavy atom. The highest BCUT2D eigenvalue weighted by Gasteiger charge is 2.40. The second kappa shape index (κ2) is 11.5. The SMILES string of the molecule is CCC(C)(C)N(C(=O)CNC(=O)OC(C)(C)C)C(C(=O)Nc1c(C)cccc1C)c1cccc(O)c1. The number of aromatic hydroxyl groups is 1. The molecule has 2 aromatic carbocycles. The van der Waals surface area contributed by atoms with Crippen molar-refractivity contribution in [3.8, 4) is 5.75 Å². The number of aryl methyl sites for hydroxylation is 2. The zero-order chi connectivity index (χ0) is 27.3. The molecule has 0 aliphatic carbocycles. The Morgan fingerprint density at radius 2 is 1.58 bits per heavy atom. The van der Waals surface area contributed by atoms with E-state index in [1.165, 1.54) is 17.0 Å². The zero-order valence-corrected chi connectivity index (χ0v) is 22.6. The van der Waals surface area contributed by atoms with Gasteiger partial charge in [0.05, 0.1) is 0 Å². The van der Waals surface area contributed by atoms with Gasteiger partial charge in [0.2, 0.25) is 5.91 Å². The summed E-state index contributed by atoms with van der Waals surface area (Å²) >= 11 is 0. The van der Waals surface area contributed by atoms with Gasteiger partial charge in [0.25, 0.3) is 5.91 Å². The van der Waals surface area contributed by atoms with E-state index in [1.54, 1.807) is 32.9 Å². The molecule has 0 fully saturated rings. The molecule has 0 spiro atoms. The van der Waals surface area contributed by atoms with Gasteiger partial charge < -0.3 is 25.4 Å². The molecule has 0 aromatic heterocycles. The molecule has 1 atom stereocenters. The molecule has 0 saturated heterocycles. The number of rotatable bonds is 8. The lowest BCUT2D eigenvalue weighted by Gasteiger charge is -2.43. The molecule has 196 valence electrons. The third kappa shape index (κ3) is 7.47. The van der Waals surface area contributed by atoms with Crippen LogP contribution in [-0.4, -0.2) is 45.6 Å². The van der Waals surface area contributed by atoms with Gasteiger partial charge in [-0.1, -0.05) is 37.3 Å². The van der Waals surface area contributed by atoms with Crippen LogP contribution in [0.4, 0.5) is 10.5 Å². The number of nitrogens with zero attached hydrogens (tertiary/aromatic N) is 1. The first-order valence-corrected chi connectivity index (χ1v) is 12.1. The van der Waals surface area contributed by atoms with E-state index in [4.69, 9.17) is 4.74 Å². The Kier molecular flexibility index (Phi) is 9.13. The second-order valence-corrected chi connectivity index (χ2v) is 10.5. The molecule has 0 aliphatic heterocycles. The van der Waals surface area contributed by atoms with E-state index in [0.29, 0.717) is 17.7 Å². The van der Waals surface area contributed by atoms with Gasteiger partial charge in [-0.25, -0.2) is 4.79 Å². The van der Waals surface area contributed by atoms with E-state index in [2.05, 4.69) is 10.6 Å². The van der Waals surface area contributed by atoms with E-state index >= 15 is 0 Å². The average molecular weight is 498 g/mol. The van der Waals surface area contributed by atoms with Crippen LogP contribution in [0.15, 0.2) is 42.5 Å². The maximum atomic E-state index is 13.9. The molecule has 0 saturated carbocycles. The van der Waals surface area contributed by atoms with Crippen molar-refractivity contribution in [2.75, 3.05) is 11.9 Å². The van der Waals surface area contributed by atoms with Crippen molar-refractivity contribution in [2.24, 2.45) is 0 Å². The molecule has 1 unspecified atom stereocenters. The van der Waals surface area contributed by atoms with Crippen LogP contribution in [0.1, 0.15) is 70.7 Å². The molecule has 36 heavy (non-hydrogen) atoms. The van der Waals surface area contributed by atoms with Crippen LogP contribution in [0.25, 0.3) is 0 Å². The number of amides is 3. The summed E-state index contributed by atoms with van der Waals surface area (Å²) in [6.45, 7) is 14.3. The molecule has 8 heteroatoms. The standard InChI is InChI=1S/C28H39N3O5/c1-9-28(7,8)31(22(33)17-29-26(35)36-27(4,5)6)24(20-14-11-15-21(32)16-20)25(34)30-23-18(2)12-10-13-19(23)3/h10-16,24,32H,9,17H2,1-8H3,(H,29,35)(H,30,34). The molecule has 2 rings (SSSR count). The minimum absolute atomic E-state index is 0.0223. The third-order valence-electron chi connectivity index (χ3n) is 5.99. The number of para-hydroxylation sites is 1. The van der Waals surface area contributed by atoms with E-state index < -0.39 is 35.1 Å². The van der Waals surface area contributed by atoms with Gasteiger partial charge in [-0.2, -0.15) is 0 Å². The molecule has 3 N–H and O–H groups in total. The molecule has 2 aromatic rings. The van der Waals surface area contributed by atoms with Crippen LogP contribution >= 0.6 is 0 Å². The van der Waals surface area contributed by atoms with Crippen molar-refractivity contribution < 1.29 is 24.2 Å². The smallest absolute Gasteiger partial charge is 0.408 e. The predicted octanol–water partition coefficient (Wildman–Crippen LogP) is 5.23. The maximum absolute atomic E-state index is 13.9. The number of carbonyl (C=O) groups excluding carboxylic acids is 3. The van der Waals surface area contributed by atoms with E-state index in [0.717, 1.165) is 11.1 Å². The summed E-state index contributed by atoms with van der Waals surface area (Å²) in [5, 5.41) is 15.7. The molecule has 8 nitrogen and oxygen atoms in total. The van der Waals surface area contributed by atoms with Gasteiger partial charge in [-0.3, -0.25) is 9.59 Å². The van der Waals surface area contributed by atoms with Crippen molar-refractivity contribution in [2.45, 2.75) is 79.0 Å². The number of hydrogen-bond donors (Lipinski definition) is 3. The topological polar surface area (TPSA) is 108 Å². The molecular weight excluding hydrogens is 458 g/mol. The Hall–Kier alpha value is -3.55. The first-order chi connectivity index (χ1) is 16.7. The normalized spacial score (nSPS) is 12.4. The largest absolute Gasteiger partial charge is 0.508 e. The molecule has 0 aliphatic rings. The number of anilines is 1. The van der Waals surface area contributed by atoms with Crippen LogP contribution in [0.2, 0.25) is 0 Å². The summed E-state index contributed by atoms with van der Waals surface area (Å²) in [6, 6.07) is 10.9. The molecule has 0 radical (unpaired) electrons. The Bertz CT molecular complexity index is 1080. The van der Waals surface area contributed by atoms with Gasteiger partial charge in [0, 0.05) is 11.2 Å². The minimum atomic E-state index is -1.07. The van der Waals surface area contributed by atoms with E-state index in [-0.39, 0.29) is 12.3 Å². The van der Waals surface area contributed by atoms with E-state index in [9.17, 15) is 19.5 Å². The van der Waals surface area contributed by atoms with Crippen LogP contribution in [0.5, 0.6) is 5.75 Å². The van der Waals surface area contributed by atoms with Gasteiger partial charge in [0.15, 0.2) is 0 Å². The highest BCUT2D eigenvalue weighted by atomic mass is 16.6. The highest BCUT2D eigenvalue weighted by molar-refractivity contribution is 5.99. The fraction of sp³-hybridized carbons (Fsp3) is 0.464. The fourth-order valence-electron chi connectivity index (χ4n) is 3.86. The summed E-state index contributed by atoms with van der Waals surface area (Å²) in [6.07, 6.45) is -0.184. The summed E-state index contributed by atoms with van der Waals surface area (Å²) in [5.41, 5.74) is 1.41. The van der Waals surface area contributed by atoms with Crippen molar-refractivity contribution in [3.63, 3.8) is 0 Å². The number of hydrogen-bond acceptors (Lipinski definition) is 5. The first-order valence-electron chi connectivity index (χ1n) is 12.1. The molecule has 0 bridgehead atoms. The quantitative estimate of drug-likeness (QED) is 0.463. The lowest BCUT2D eigenvalue weighted by Crippen LogP contribution is -2.55. The number of phenols is 1. The van der Waals surface area contributed by atoms with E-state index in [1.807, 2.05) is 52.8 Å². The van der Waals surface area contributed by atoms with Gasteiger partial charge in [0.1, 0.15) is 23.9 Å². The number of benzene rings is 2. The summed E-state index contributed by atoms with van der Waals surface area (Å²) in [4.78, 5) is 41.2. The third-order valence-corrected chi connectivity index (χ3v) is 5.99. The fourth-order valence-corrected chi connectivity index (χ4v) is 3.86. The monoisotopic (exact) mass is 497 g/mol. The summed E-state index contributed by atoms with van der Waals surface area (Å²) in [5.74, 6) is -0.909. The average Bonchev–Trinajstić information content (AvgIpc) is 2.76. The molecule has 3 amide bonds. The van der Waals surface area contributed by atoms with Crippen molar-refractivity contribution in [1.82, 2.24) is 10.2 Å². The first kappa shape index (κ1) is 28.7. The van der Waals surface area contributed by atoms with Crippen LogP contribution in [-0.2, 0) is 14.3 Å². The Labute approximate surface area is 214 Å². The van der Waals surface area contributed by atoms with Gasteiger partial charge >= 0.3 is 6.09 Å². The molecule has 0 heterocycles. The maximum Gasteiger partial charge on any atom is 0.408 e. The Morgan fingerprint density at radius 3 is 2.11 bits per heavy atom.